The largest absolute Gasteiger partial charge is 0.498 e. The molecule has 0 aromatic heterocycles. The lowest BCUT2D eigenvalue weighted by Crippen LogP contribution is -2.46. The van der Waals surface area contributed by atoms with Gasteiger partial charge in [-0.15, -0.1) is 0 Å². The number of sulfone groups is 2. The molecule has 0 rings (SSSR count). The summed E-state index contributed by atoms with van der Waals surface area (Å²) in [6.45, 7) is 3.67. The van der Waals surface area contributed by atoms with Gasteiger partial charge in [-0.25, -0.2) is 21.6 Å². The van der Waals surface area contributed by atoms with Crippen LogP contribution in [0, 0.1) is 0 Å². The Labute approximate surface area is 139 Å². The number of alkyl halides is 6. The summed E-state index contributed by atoms with van der Waals surface area (Å²) in [4.78, 5) is 11.3. The Balaban J connectivity index is 5.79. The van der Waals surface area contributed by atoms with Gasteiger partial charge in [0.05, 0.1) is 0 Å². The van der Waals surface area contributed by atoms with Crippen LogP contribution in [0.3, 0.4) is 0 Å². The van der Waals surface area contributed by atoms with Gasteiger partial charge in [0.15, 0.2) is 4.58 Å². The van der Waals surface area contributed by atoms with E-state index in [9.17, 15) is 48.0 Å². The van der Waals surface area contributed by atoms with E-state index in [1.54, 1.807) is 0 Å². The number of carbonyl (C=O) groups is 1. The van der Waals surface area contributed by atoms with Crippen LogP contribution >= 0.6 is 0 Å². The topological polar surface area (TPSA) is 107 Å². The second-order valence-corrected chi connectivity index (χ2v) is 9.70. The maximum absolute atomic E-state index is 12.5. The van der Waals surface area contributed by atoms with Gasteiger partial charge in [-0.1, -0.05) is 0 Å². The van der Waals surface area contributed by atoms with Crippen molar-refractivity contribution in [3.05, 3.63) is 0 Å². The van der Waals surface area contributed by atoms with E-state index in [1.807, 2.05) is 0 Å². The quantitative estimate of drug-likeness (QED) is 0.656. The molecule has 1 amide bonds. The van der Waals surface area contributed by atoms with Crippen molar-refractivity contribution in [2.24, 2.45) is 0 Å². The summed E-state index contributed by atoms with van der Waals surface area (Å²) in [5.41, 5.74) is -12.5. The number of amides is 1. The number of hydrogen-bond acceptors (Lipinski definition) is 6. The minimum Gasteiger partial charge on any atom is -0.446 e. The highest BCUT2D eigenvalue weighted by Crippen LogP contribution is 2.38. The number of carbonyl (C=O) groups excluding carboxylic acids is 1. The van der Waals surface area contributed by atoms with E-state index in [2.05, 4.69) is 10.1 Å². The van der Waals surface area contributed by atoms with Gasteiger partial charge in [0.2, 0.25) is 0 Å². The van der Waals surface area contributed by atoms with Crippen LogP contribution in [-0.2, 0) is 24.4 Å². The van der Waals surface area contributed by atoms with E-state index in [-0.39, 0.29) is 0 Å². The summed E-state index contributed by atoms with van der Waals surface area (Å²) < 4.78 is 121. The van der Waals surface area contributed by atoms with E-state index >= 15 is 0 Å². The van der Waals surface area contributed by atoms with Crippen LogP contribution < -0.4 is 5.32 Å². The number of alkyl carbamates (subject to hydrolysis) is 1. The van der Waals surface area contributed by atoms with Crippen molar-refractivity contribution in [1.29, 1.82) is 0 Å². The smallest absolute Gasteiger partial charge is 0.446 e. The zero-order valence-electron chi connectivity index (χ0n) is 13.0. The summed E-state index contributed by atoms with van der Waals surface area (Å²) in [6.07, 6.45) is -4.90. The van der Waals surface area contributed by atoms with Crippen molar-refractivity contribution in [3.8, 4) is 0 Å². The summed E-state index contributed by atoms with van der Waals surface area (Å²) in [6, 6.07) is -0.506. The summed E-state index contributed by atoms with van der Waals surface area (Å²) >= 11 is 0. The third-order valence-corrected chi connectivity index (χ3v) is 7.16. The molecule has 1 N–H and O–H groups in total. The fourth-order valence-corrected chi connectivity index (χ4v) is 5.12. The number of nitrogens with one attached hydrogen (secondary N) is 1. The average Bonchev–Trinajstić information content (AvgIpc) is 2.31. The van der Waals surface area contributed by atoms with Gasteiger partial charge in [0.1, 0.15) is 6.10 Å². The molecular weight excluding hydrogens is 408 g/mol. The highest BCUT2D eigenvalue weighted by atomic mass is 32.3. The molecule has 0 radical (unpaired) electrons. The van der Waals surface area contributed by atoms with Crippen LogP contribution in [0.25, 0.3) is 0 Å². The molecule has 1 unspecified atom stereocenters. The summed E-state index contributed by atoms with van der Waals surface area (Å²) in [5.74, 6) is 0. The van der Waals surface area contributed by atoms with Crippen LogP contribution in [0.15, 0.2) is 0 Å². The van der Waals surface area contributed by atoms with Gasteiger partial charge in [-0.2, -0.15) is 26.3 Å². The minimum atomic E-state index is -6.75. The zero-order chi connectivity index (χ0) is 20.4. The van der Waals surface area contributed by atoms with Crippen molar-refractivity contribution >= 4 is 25.8 Å². The highest BCUT2D eigenvalue weighted by molar-refractivity contribution is 8.09. The second-order valence-electron chi connectivity index (χ2n) is 5.16. The molecule has 0 aromatic rings. The number of rotatable bonds is 6. The standard InChI is InChI=1S/C10H15F6NO6S2/c1-5(2)17-8(18)23-6(3)4-7(24(19,20)9(11,12)13)25(21,22)10(14,15)16/h5-7H,4H2,1-3H3,(H,17,18). The first-order valence-electron chi connectivity index (χ1n) is 6.41. The number of hydrogen-bond donors (Lipinski definition) is 1. The monoisotopic (exact) mass is 423 g/mol. The van der Waals surface area contributed by atoms with Crippen molar-refractivity contribution in [2.45, 2.75) is 54.9 Å². The molecule has 0 saturated carbocycles. The molecule has 0 spiro atoms. The average molecular weight is 423 g/mol. The van der Waals surface area contributed by atoms with Gasteiger partial charge in [0.25, 0.3) is 19.7 Å². The molecule has 1 atom stereocenters. The number of ether oxygens (including phenoxy) is 1. The molecule has 0 bridgehead atoms. The van der Waals surface area contributed by atoms with Crippen molar-refractivity contribution in [1.82, 2.24) is 5.32 Å². The first-order chi connectivity index (χ1) is 10.8. The van der Waals surface area contributed by atoms with Crippen molar-refractivity contribution in [3.63, 3.8) is 0 Å². The normalized spacial score (nSPS) is 15.3. The molecule has 0 saturated heterocycles. The van der Waals surface area contributed by atoms with Crippen LogP contribution in [0.5, 0.6) is 0 Å². The van der Waals surface area contributed by atoms with Crippen LogP contribution in [0.1, 0.15) is 27.2 Å². The lowest BCUT2D eigenvalue weighted by Gasteiger charge is -2.23. The van der Waals surface area contributed by atoms with Crippen molar-refractivity contribution in [2.75, 3.05) is 0 Å². The zero-order valence-corrected chi connectivity index (χ0v) is 14.6. The third-order valence-electron chi connectivity index (χ3n) is 2.58. The summed E-state index contributed by atoms with van der Waals surface area (Å²) in [7, 11) is -13.5. The lowest BCUT2D eigenvalue weighted by molar-refractivity contribution is -0.0476. The maximum atomic E-state index is 12.5. The highest BCUT2D eigenvalue weighted by Gasteiger charge is 2.63. The Morgan fingerprint density at radius 2 is 1.28 bits per heavy atom. The Morgan fingerprint density at radius 3 is 1.56 bits per heavy atom. The molecular formula is C10H15F6NO6S2. The Hall–Kier alpha value is -1.25. The van der Waals surface area contributed by atoms with Crippen LogP contribution in [0.2, 0.25) is 0 Å². The van der Waals surface area contributed by atoms with Crippen LogP contribution in [0.4, 0.5) is 31.1 Å². The maximum Gasteiger partial charge on any atom is 0.498 e. The predicted octanol–water partition coefficient (Wildman–Crippen LogP) is 2.09. The van der Waals surface area contributed by atoms with E-state index < -0.39 is 59.9 Å². The first-order valence-corrected chi connectivity index (χ1v) is 9.50. The molecule has 15 heteroatoms. The molecule has 0 heterocycles. The molecule has 7 nitrogen and oxygen atoms in total. The molecule has 0 fully saturated rings. The first kappa shape index (κ1) is 23.8. The molecule has 0 aliphatic heterocycles. The Kier molecular flexibility index (Phi) is 7.17. The van der Waals surface area contributed by atoms with E-state index in [0.29, 0.717) is 0 Å². The van der Waals surface area contributed by atoms with Gasteiger partial charge in [0, 0.05) is 12.5 Å². The van der Waals surface area contributed by atoms with Crippen molar-refractivity contribution < 1.29 is 52.7 Å². The third kappa shape index (κ3) is 5.90. The predicted molar refractivity (Wildman–Crippen MR) is 72.6 cm³/mol. The number of halogens is 6. The summed E-state index contributed by atoms with van der Waals surface area (Å²) in [5, 5.41) is 2.08. The molecule has 25 heavy (non-hydrogen) atoms. The van der Waals surface area contributed by atoms with Gasteiger partial charge in [-0.3, -0.25) is 0 Å². The fraction of sp³-hybridized carbons (Fsp3) is 0.900. The van der Waals surface area contributed by atoms with Gasteiger partial charge >= 0.3 is 17.1 Å². The Morgan fingerprint density at radius 1 is 0.920 bits per heavy atom. The fourth-order valence-electron chi connectivity index (χ4n) is 1.49. The van der Waals surface area contributed by atoms with E-state index in [0.717, 1.165) is 6.92 Å². The molecule has 0 aliphatic carbocycles. The SMILES string of the molecule is CC(C)NC(=O)OC(C)CC(S(=O)(=O)C(F)(F)F)S(=O)(=O)C(F)(F)F. The van der Waals surface area contributed by atoms with Crippen LogP contribution in [-0.4, -0.2) is 50.7 Å². The van der Waals surface area contributed by atoms with Gasteiger partial charge in [-0.05, 0) is 20.8 Å². The molecule has 0 aromatic carbocycles. The second kappa shape index (κ2) is 7.55. The minimum absolute atomic E-state index is 0.506. The van der Waals surface area contributed by atoms with E-state index in [1.165, 1.54) is 13.8 Å². The van der Waals surface area contributed by atoms with E-state index in [4.69, 9.17) is 0 Å². The molecule has 150 valence electrons. The lowest BCUT2D eigenvalue weighted by atomic mass is 10.3. The van der Waals surface area contributed by atoms with Gasteiger partial charge < -0.3 is 10.1 Å². The molecule has 0 aliphatic rings. The Bertz CT molecular complexity index is 638.